The summed E-state index contributed by atoms with van der Waals surface area (Å²) in [7, 11) is 0. The molecule has 1 heteroatoms. The van der Waals surface area contributed by atoms with Crippen molar-refractivity contribution in [1.82, 2.24) is 4.98 Å². The maximum Gasteiger partial charge on any atom is 0.0457 e. The number of fused-ring (bicyclic) bond motifs is 1. The van der Waals surface area contributed by atoms with Crippen molar-refractivity contribution in [3.8, 4) is 12.3 Å². The lowest BCUT2D eigenvalue weighted by molar-refractivity contribution is 1.43. The first-order valence-corrected chi connectivity index (χ1v) is 3.85. The molecule has 0 atom stereocenters. The van der Waals surface area contributed by atoms with Gasteiger partial charge in [0.1, 0.15) is 0 Å². The first-order valence-electron chi connectivity index (χ1n) is 3.85. The van der Waals surface area contributed by atoms with E-state index in [0.717, 1.165) is 11.1 Å². The van der Waals surface area contributed by atoms with Crippen LogP contribution in [0.2, 0.25) is 0 Å². The Hall–Kier alpha value is -1.68. The van der Waals surface area contributed by atoms with E-state index in [-0.39, 0.29) is 0 Å². The van der Waals surface area contributed by atoms with Crippen molar-refractivity contribution in [2.24, 2.45) is 0 Å². The van der Waals surface area contributed by atoms with Gasteiger partial charge < -0.3 is 4.98 Å². The largest absolute Gasteiger partial charge is 0.361 e. The third kappa shape index (κ3) is 0.895. The standard InChI is InChI=1S/C11H9N/c1-3-9-4-5-11-10(6-9)8(2)7-12-11/h1,4-7,12H,2H3. The molecule has 0 saturated heterocycles. The molecule has 12 heavy (non-hydrogen) atoms. The molecule has 0 aliphatic heterocycles. The Labute approximate surface area is 71.4 Å². The average molecular weight is 155 g/mol. The molecule has 1 nitrogen and oxygen atoms in total. The minimum atomic E-state index is 0.935. The Morgan fingerprint density at radius 3 is 3.00 bits per heavy atom. The monoisotopic (exact) mass is 155 g/mol. The molecule has 1 N–H and O–H groups in total. The molecule has 0 unspecified atom stereocenters. The van der Waals surface area contributed by atoms with Crippen LogP contribution in [0.5, 0.6) is 0 Å². The van der Waals surface area contributed by atoms with Gasteiger partial charge in [-0.15, -0.1) is 6.42 Å². The van der Waals surface area contributed by atoms with E-state index in [4.69, 9.17) is 6.42 Å². The van der Waals surface area contributed by atoms with Gasteiger partial charge in [-0.1, -0.05) is 5.92 Å². The van der Waals surface area contributed by atoms with Gasteiger partial charge >= 0.3 is 0 Å². The van der Waals surface area contributed by atoms with E-state index < -0.39 is 0 Å². The molecule has 0 aliphatic carbocycles. The molecule has 0 amide bonds. The molecule has 0 radical (unpaired) electrons. The van der Waals surface area contributed by atoms with Crippen molar-refractivity contribution in [3.05, 3.63) is 35.5 Å². The summed E-state index contributed by atoms with van der Waals surface area (Å²) in [6, 6.07) is 5.98. The van der Waals surface area contributed by atoms with E-state index in [1.807, 2.05) is 24.4 Å². The molecule has 1 heterocycles. The van der Waals surface area contributed by atoms with Crippen LogP contribution in [-0.4, -0.2) is 4.98 Å². The number of H-pyrrole nitrogens is 1. The number of hydrogen-bond donors (Lipinski definition) is 1. The molecule has 58 valence electrons. The summed E-state index contributed by atoms with van der Waals surface area (Å²) in [5.41, 5.74) is 3.32. The maximum atomic E-state index is 5.30. The second-order valence-electron chi connectivity index (χ2n) is 2.88. The van der Waals surface area contributed by atoms with Gasteiger partial charge in [-0.05, 0) is 30.7 Å². The van der Waals surface area contributed by atoms with Crippen molar-refractivity contribution in [2.45, 2.75) is 6.92 Å². The fourth-order valence-corrected chi connectivity index (χ4v) is 1.35. The van der Waals surface area contributed by atoms with Gasteiger partial charge in [-0.2, -0.15) is 0 Å². The Morgan fingerprint density at radius 1 is 1.42 bits per heavy atom. The van der Waals surface area contributed by atoms with Gasteiger partial charge in [0.15, 0.2) is 0 Å². The molecule has 0 bridgehead atoms. The van der Waals surface area contributed by atoms with E-state index in [1.165, 1.54) is 10.9 Å². The molecule has 0 aliphatic rings. The van der Waals surface area contributed by atoms with Crippen molar-refractivity contribution >= 4 is 10.9 Å². The summed E-state index contributed by atoms with van der Waals surface area (Å²) >= 11 is 0. The van der Waals surface area contributed by atoms with Crippen LogP contribution in [0.4, 0.5) is 0 Å². The predicted molar refractivity (Wildman–Crippen MR) is 51.0 cm³/mol. The number of nitrogens with one attached hydrogen (secondary N) is 1. The van der Waals surface area contributed by atoms with Gasteiger partial charge in [-0.3, -0.25) is 0 Å². The van der Waals surface area contributed by atoms with Crippen molar-refractivity contribution < 1.29 is 0 Å². The van der Waals surface area contributed by atoms with Gasteiger partial charge in [-0.25, -0.2) is 0 Å². The highest BCUT2D eigenvalue weighted by Crippen LogP contribution is 2.18. The van der Waals surface area contributed by atoms with Crippen LogP contribution in [0.25, 0.3) is 10.9 Å². The van der Waals surface area contributed by atoms with Crippen LogP contribution in [0.1, 0.15) is 11.1 Å². The Morgan fingerprint density at radius 2 is 2.25 bits per heavy atom. The zero-order valence-corrected chi connectivity index (χ0v) is 6.89. The lowest BCUT2D eigenvalue weighted by Gasteiger charge is -1.92. The topological polar surface area (TPSA) is 15.8 Å². The SMILES string of the molecule is C#Cc1ccc2[nH]cc(C)c2c1. The Kier molecular flexibility index (Phi) is 1.41. The molecule has 0 spiro atoms. The summed E-state index contributed by atoms with van der Waals surface area (Å²) < 4.78 is 0. The average Bonchev–Trinajstić information content (AvgIpc) is 2.47. The van der Waals surface area contributed by atoms with E-state index in [1.54, 1.807) is 0 Å². The number of aromatic amines is 1. The smallest absolute Gasteiger partial charge is 0.0457 e. The maximum absolute atomic E-state index is 5.30. The molecule has 0 fully saturated rings. The molecule has 0 saturated carbocycles. The van der Waals surface area contributed by atoms with E-state index in [0.29, 0.717) is 0 Å². The van der Waals surface area contributed by atoms with Crippen molar-refractivity contribution in [1.29, 1.82) is 0 Å². The minimum Gasteiger partial charge on any atom is -0.361 e. The van der Waals surface area contributed by atoms with Crippen molar-refractivity contribution in [2.75, 3.05) is 0 Å². The number of terminal acetylenes is 1. The molecular formula is C11H9N. The van der Waals surface area contributed by atoms with Crippen LogP contribution in [0, 0.1) is 19.3 Å². The first-order chi connectivity index (χ1) is 5.81. The number of rotatable bonds is 0. The fraction of sp³-hybridized carbons (Fsp3) is 0.0909. The molecule has 1 aromatic heterocycles. The van der Waals surface area contributed by atoms with Crippen molar-refractivity contribution in [3.63, 3.8) is 0 Å². The van der Waals surface area contributed by atoms with Gasteiger partial charge in [0.25, 0.3) is 0 Å². The molecule has 2 aromatic rings. The summed E-state index contributed by atoms with van der Waals surface area (Å²) in [6.07, 6.45) is 7.29. The number of hydrogen-bond acceptors (Lipinski definition) is 0. The third-order valence-corrected chi connectivity index (χ3v) is 2.06. The second-order valence-corrected chi connectivity index (χ2v) is 2.88. The minimum absolute atomic E-state index is 0.935. The lowest BCUT2D eigenvalue weighted by atomic mass is 10.1. The summed E-state index contributed by atoms with van der Waals surface area (Å²) in [5, 5.41) is 1.21. The number of benzene rings is 1. The fourth-order valence-electron chi connectivity index (χ4n) is 1.35. The highest BCUT2D eigenvalue weighted by atomic mass is 14.7. The third-order valence-electron chi connectivity index (χ3n) is 2.06. The first kappa shape index (κ1) is 7.00. The van der Waals surface area contributed by atoms with Gasteiger partial charge in [0, 0.05) is 22.7 Å². The van der Waals surface area contributed by atoms with E-state index >= 15 is 0 Å². The molecule has 2 rings (SSSR count). The zero-order valence-electron chi connectivity index (χ0n) is 6.89. The predicted octanol–water partition coefficient (Wildman–Crippen LogP) is 2.46. The highest BCUT2D eigenvalue weighted by Gasteiger charge is 1.98. The molecule has 1 aromatic carbocycles. The van der Waals surface area contributed by atoms with Crippen LogP contribution >= 0.6 is 0 Å². The Bertz CT molecular complexity index is 457. The number of aromatic nitrogens is 1. The summed E-state index contributed by atoms with van der Waals surface area (Å²) in [6.45, 7) is 2.07. The van der Waals surface area contributed by atoms with Crippen LogP contribution in [0.3, 0.4) is 0 Å². The lowest BCUT2D eigenvalue weighted by Crippen LogP contribution is -1.73. The van der Waals surface area contributed by atoms with E-state index in [2.05, 4.69) is 17.8 Å². The Balaban J connectivity index is 2.82. The zero-order chi connectivity index (χ0) is 8.55. The summed E-state index contributed by atoms with van der Waals surface area (Å²) in [5.74, 6) is 2.62. The van der Waals surface area contributed by atoms with Gasteiger partial charge in [0.05, 0.1) is 0 Å². The molecular weight excluding hydrogens is 146 g/mol. The van der Waals surface area contributed by atoms with Crippen LogP contribution in [-0.2, 0) is 0 Å². The highest BCUT2D eigenvalue weighted by molar-refractivity contribution is 5.84. The number of aryl methyl sites for hydroxylation is 1. The van der Waals surface area contributed by atoms with Gasteiger partial charge in [0.2, 0.25) is 0 Å². The normalized spacial score (nSPS) is 10.0. The van der Waals surface area contributed by atoms with Crippen LogP contribution in [0.15, 0.2) is 24.4 Å². The summed E-state index contributed by atoms with van der Waals surface area (Å²) in [4.78, 5) is 3.17. The quantitative estimate of drug-likeness (QED) is 0.562. The van der Waals surface area contributed by atoms with E-state index in [9.17, 15) is 0 Å². The van der Waals surface area contributed by atoms with Crippen LogP contribution < -0.4 is 0 Å². The second kappa shape index (κ2) is 2.42.